The summed E-state index contributed by atoms with van der Waals surface area (Å²) in [6, 6.07) is 4.25. The maximum absolute atomic E-state index is 8.90. The van der Waals surface area contributed by atoms with Crippen molar-refractivity contribution in [2.24, 2.45) is 0 Å². The highest BCUT2D eigenvalue weighted by Gasteiger charge is 2.06. The van der Waals surface area contributed by atoms with Crippen molar-refractivity contribution in [3.63, 3.8) is 0 Å². The van der Waals surface area contributed by atoms with Crippen LogP contribution in [0, 0.1) is 0 Å². The third kappa shape index (κ3) is 2.89. The number of thiazole rings is 1. The van der Waals surface area contributed by atoms with E-state index in [0.717, 1.165) is 11.6 Å². The van der Waals surface area contributed by atoms with Crippen molar-refractivity contribution in [3.05, 3.63) is 28.6 Å². The number of aromatic nitrogens is 1. The maximum atomic E-state index is 8.90. The van der Waals surface area contributed by atoms with Gasteiger partial charge in [-0.05, 0) is 18.4 Å². The zero-order valence-electron chi connectivity index (χ0n) is 9.01. The standard InChI is InChI=1S/C11H14N2OS2/c1-8(7-14)12-5-9-6-13-11(16-9)10-3-2-4-15-10/h2-4,6,8,12,14H,5,7H2,1H3/t8-/m0/s1. The van der Waals surface area contributed by atoms with Crippen LogP contribution < -0.4 is 5.32 Å². The minimum atomic E-state index is 0.132. The van der Waals surface area contributed by atoms with E-state index in [1.807, 2.05) is 19.2 Å². The van der Waals surface area contributed by atoms with Crippen molar-refractivity contribution in [3.8, 4) is 9.88 Å². The molecule has 0 aliphatic carbocycles. The van der Waals surface area contributed by atoms with Gasteiger partial charge in [0.2, 0.25) is 0 Å². The Morgan fingerprint density at radius 2 is 2.44 bits per heavy atom. The summed E-state index contributed by atoms with van der Waals surface area (Å²) < 4.78 is 0. The summed E-state index contributed by atoms with van der Waals surface area (Å²) in [7, 11) is 0. The van der Waals surface area contributed by atoms with Crippen molar-refractivity contribution < 1.29 is 5.11 Å². The molecule has 86 valence electrons. The Morgan fingerprint density at radius 3 is 3.12 bits per heavy atom. The molecule has 1 atom stereocenters. The van der Waals surface area contributed by atoms with Gasteiger partial charge in [0.25, 0.3) is 0 Å². The fourth-order valence-electron chi connectivity index (χ4n) is 1.24. The fraction of sp³-hybridized carbons (Fsp3) is 0.364. The van der Waals surface area contributed by atoms with Gasteiger partial charge in [0.15, 0.2) is 0 Å². The molecule has 3 nitrogen and oxygen atoms in total. The quantitative estimate of drug-likeness (QED) is 0.861. The van der Waals surface area contributed by atoms with E-state index in [4.69, 9.17) is 5.11 Å². The Bertz CT molecular complexity index is 425. The Balaban J connectivity index is 1.98. The van der Waals surface area contributed by atoms with Crippen molar-refractivity contribution in [1.82, 2.24) is 10.3 Å². The molecule has 0 aliphatic rings. The minimum Gasteiger partial charge on any atom is -0.395 e. The van der Waals surface area contributed by atoms with Gasteiger partial charge < -0.3 is 10.4 Å². The first kappa shape index (κ1) is 11.7. The van der Waals surface area contributed by atoms with E-state index in [0.29, 0.717) is 0 Å². The van der Waals surface area contributed by atoms with Crippen LogP contribution in [0.2, 0.25) is 0 Å². The molecule has 16 heavy (non-hydrogen) atoms. The summed E-state index contributed by atoms with van der Waals surface area (Å²) in [5.74, 6) is 0. The second-order valence-electron chi connectivity index (χ2n) is 3.57. The van der Waals surface area contributed by atoms with E-state index < -0.39 is 0 Å². The molecule has 2 aromatic heterocycles. The van der Waals surface area contributed by atoms with E-state index in [9.17, 15) is 0 Å². The average molecular weight is 254 g/mol. The molecule has 0 amide bonds. The van der Waals surface area contributed by atoms with Gasteiger partial charge in [-0.25, -0.2) is 4.98 Å². The molecule has 0 unspecified atom stereocenters. The number of hydrogen-bond acceptors (Lipinski definition) is 5. The van der Waals surface area contributed by atoms with E-state index in [1.54, 1.807) is 22.7 Å². The lowest BCUT2D eigenvalue weighted by molar-refractivity contribution is 0.251. The van der Waals surface area contributed by atoms with Gasteiger partial charge in [0.05, 0.1) is 11.5 Å². The molecule has 0 radical (unpaired) electrons. The van der Waals surface area contributed by atoms with Gasteiger partial charge in [0.1, 0.15) is 5.01 Å². The zero-order valence-corrected chi connectivity index (χ0v) is 10.6. The lowest BCUT2D eigenvalue weighted by Crippen LogP contribution is -2.28. The summed E-state index contributed by atoms with van der Waals surface area (Å²) in [5.41, 5.74) is 0. The van der Waals surface area contributed by atoms with E-state index in [2.05, 4.69) is 21.7 Å². The maximum Gasteiger partial charge on any atom is 0.133 e. The Kier molecular flexibility index (Phi) is 4.06. The van der Waals surface area contributed by atoms with Gasteiger partial charge in [-0.1, -0.05) is 6.07 Å². The number of thiophene rings is 1. The zero-order chi connectivity index (χ0) is 11.4. The average Bonchev–Trinajstić information content (AvgIpc) is 2.95. The third-order valence-corrected chi connectivity index (χ3v) is 4.22. The highest BCUT2D eigenvalue weighted by molar-refractivity contribution is 7.20. The van der Waals surface area contributed by atoms with E-state index in [-0.39, 0.29) is 12.6 Å². The van der Waals surface area contributed by atoms with Crippen LogP contribution in [0.4, 0.5) is 0 Å². The molecule has 2 heterocycles. The molecule has 2 N–H and O–H groups in total. The number of hydrogen-bond donors (Lipinski definition) is 2. The minimum absolute atomic E-state index is 0.132. The van der Waals surface area contributed by atoms with Gasteiger partial charge in [-0.2, -0.15) is 0 Å². The normalized spacial score (nSPS) is 12.9. The predicted molar refractivity (Wildman–Crippen MR) is 68.8 cm³/mol. The first-order valence-corrected chi connectivity index (χ1v) is 6.82. The predicted octanol–water partition coefficient (Wildman–Crippen LogP) is 2.34. The molecular formula is C11H14N2OS2. The number of rotatable bonds is 5. The van der Waals surface area contributed by atoms with Crippen molar-refractivity contribution in [1.29, 1.82) is 0 Å². The van der Waals surface area contributed by atoms with Crippen LogP contribution >= 0.6 is 22.7 Å². The second kappa shape index (κ2) is 5.54. The molecule has 2 rings (SSSR count). The lowest BCUT2D eigenvalue weighted by atomic mass is 10.3. The number of nitrogens with zero attached hydrogens (tertiary/aromatic N) is 1. The van der Waals surface area contributed by atoms with Gasteiger partial charge in [0, 0.05) is 23.7 Å². The Hall–Kier alpha value is -0.750. The summed E-state index contributed by atoms with van der Waals surface area (Å²) >= 11 is 3.40. The van der Waals surface area contributed by atoms with Crippen molar-refractivity contribution in [2.75, 3.05) is 6.61 Å². The monoisotopic (exact) mass is 254 g/mol. The first-order valence-electron chi connectivity index (χ1n) is 5.12. The van der Waals surface area contributed by atoms with Crippen molar-refractivity contribution >= 4 is 22.7 Å². The smallest absolute Gasteiger partial charge is 0.133 e. The third-order valence-electron chi connectivity index (χ3n) is 2.18. The molecule has 0 spiro atoms. The summed E-state index contributed by atoms with van der Waals surface area (Å²) in [6.45, 7) is 2.89. The summed E-state index contributed by atoms with van der Waals surface area (Å²) in [4.78, 5) is 6.80. The van der Waals surface area contributed by atoms with Crippen LogP contribution in [0.5, 0.6) is 0 Å². The molecule has 0 aliphatic heterocycles. The molecule has 2 aromatic rings. The van der Waals surface area contributed by atoms with Crippen LogP contribution in [0.25, 0.3) is 9.88 Å². The first-order chi connectivity index (χ1) is 7.79. The van der Waals surface area contributed by atoms with Gasteiger partial charge in [-0.15, -0.1) is 22.7 Å². The molecule has 0 saturated heterocycles. The van der Waals surface area contributed by atoms with Gasteiger partial charge in [-0.3, -0.25) is 0 Å². The van der Waals surface area contributed by atoms with Crippen LogP contribution in [0.1, 0.15) is 11.8 Å². The number of nitrogens with one attached hydrogen (secondary N) is 1. The Morgan fingerprint density at radius 1 is 1.56 bits per heavy atom. The van der Waals surface area contributed by atoms with Crippen LogP contribution in [-0.2, 0) is 6.54 Å². The van der Waals surface area contributed by atoms with Crippen LogP contribution in [-0.4, -0.2) is 22.7 Å². The molecule has 0 aromatic carbocycles. The molecule has 0 bridgehead atoms. The molecular weight excluding hydrogens is 240 g/mol. The molecule has 0 fully saturated rings. The van der Waals surface area contributed by atoms with Crippen LogP contribution in [0.3, 0.4) is 0 Å². The van der Waals surface area contributed by atoms with E-state index >= 15 is 0 Å². The fourth-order valence-corrected chi connectivity index (χ4v) is 2.91. The highest BCUT2D eigenvalue weighted by Crippen LogP contribution is 2.28. The second-order valence-corrected chi connectivity index (χ2v) is 5.64. The van der Waals surface area contributed by atoms with E-state index in [1.165, 1.54) is 9.75 Å². The number of aliphatic hydroxyl groups excluding tert-OH is 1. The number of aliphatic hydroxyl groups is 1. The topological polar surface area (TPSA) is 45.1 Å². The summed E-state index contributed by atoms with van der Waals surface area (Å²) in [5, 5.41) is 15.3. The largest absolute Gasteiger partial charge is 0.395 e. The Labute approximate surface area is 103 Å². The van der Waals surface area contributed by atoms with Crippen molar-refractivity contribution in [2.45, 2.75) is 19.5 Å². The van der Waals surface area contributed by atoms with Crippen LogP contribution in [0.15, 0.2) is 23.7 Å². The molecule has 0 saturated carbocycles. The summed E-state index contributed by atoms with van der Waals surface area (Å²) in [6.07, 6.45) is 1.90. The molecule has 5 heteroatoms. The highest BCUT2D eigenvalue weighted by atomic mass is 32.1. The SMILES string of the molecule is C[C@@H](CO)NCc1cnc(-c2cccs2)s1. The lowest BCUT2D eigenvalue weighted by Gasteiger charge is -2.08. The van der Waals surface area contributed by atoms with Gasteiger partial charge >= 0.3 is 0 Å².